The summed E-state index contributed by atoms with van der Waals surface area (Å²) >= 11 is 0. The largest absolute Gasteiger partial charge is 0.458 e. The molecule has 3 fully saturated rings. The van der Waals surface area contributed by atoms with E-state index in [1.165, 1.54) is 4.90 Å². The van der Waals surface area contributed by atoms with Crippen molar-refractivity contribution in [2.75, 3.05) is 6.54 Å². The summed E-state index contributed by atoms with van der Waals surface area (Å²) in [4.78, 5) is 79.0. The zero-order chi connectivity index (χ0) is 33.7. The fraction of sp³-hybridized carbons (Fsp3) is 0.800. The van der Waals surface area contributed by atoms with Crippen molar-refractivity contribution in [1.29, 1.82) is 0 Å². The van der Waals surface area contributed by atoms with Gasteiger partial charge in [0.1, 0.15) is 23.7 Å². The van der Waals surface area contributed by atoms with Gasteiger partial charge in [-0.15, -0.1) is 0 Å². The Morgan fingerprint density at radius 3 is 1.89 bits per heavy atom. The van der Waals surface area contributed by atoms with Crippen LogP contribution in [-0.4, -0.2) is 82.6 Å². The Morgan fingerprint density at radius 1 is 0.909 bits per heavy atom. The van der Waals surface area contributed by atoms with Crippen molar-refractivity contribution >= 4 is 35.5 Å². The average Bonchev–Trinajstić information content (AvgIpc) is 3.69. The number of hydrogen-bond donors (Lipinski definition) is 4. The minimum absolute atomic E-state index is 0.0136. The Balaban J connectivity index is 1.78. The average molecular weight is 628 g/mol. The molecule has 1 heterocycles. The zero-order valence-corrected chi connectivity index (χ0v) is 27.0. The van der Waals surface area contributed by atoms with Crippen molar-refractivity contribution in [3.05, 3.63) is 0 Å². The summed E-state index contributed by atoms with van der Waals surface area (Å²) in [6.45, 7) is 15.8. The first-order valence-electron chi connectivity index (χ1n) is 15.0. The van der Waals surface area contributed by atoms with Crippen LogP contribution in [0.3, 0.4) is 0 Å². The van der Waals surface area contributed by atoms with Crippen LogP contribution in [0.15, 0.2) is 0 Å². The molecule has 44 heavy (non-hydrogen) atoms. The predicted octanol–water partition coefficient (Wildman–Crippen LogP) is 1.89. The van der Waals surface area contributed by atoms with Gasteiger partial charge in [0.25, 0.3) is 11.8 Å². The number of piperidine rings is 1. The Bertz CT molecular complexity index is 1200. The maximum Gasteiger partial charge on any atom is 0.329 e. The van der Waals surface area contributed by atoms with Gasteiger partial charge >= 0.3 is 12.0 Å². The van der Waals surface area contributed by atoms with Crippen LogP contribution in [0.1, 0.15) is 81.6 Å². The first-order valence-corrected chi connectivity index (χ1v) is 15.0. The van der Waals surface area contributed by atoms with Gasteiger partial charge in [0.15, 0.2) is 0 Å². The normalized spacial score (nSPS) is 25.9. The first-order chi connectivity index (χ1) is 19.8. The molecule has 3 rings (SSSR count). The monoisotopic (exact) mass is 627 g/mol. The molecule has 2 aliphatic carbocycles. The van der Waals surface area contributed by atoms with Crippen LogP contribution in [0.5, 0.6) is 0 Å². The van der Waals surface area contributed by atoms with Gasteiger partial charge in [-0.2, -0.15) is 0 Å². The molecule has 0 spiro atoms. The van der Waals surface area contributed by atoms with Gasteiger partial charge in [-0.3, -0.25) is 19.2 Å². The topological polar surface area (TPSA) is 177 Å². The molecule has 1 saturated heterocycles. The van der Waals surface area contributed by atoms with Gasteiger partial charge in [0.2, 0.25) is 17.6 Å². The molecule has 2 saturated carbocycles. The third-order valence-corrected chi connectivity index (χ3v) is 8.23. The van der Waals surface area contributed by atoms with Gasteiger partial charge in [0.05, 0.1) is 6.04 Å². The number of nitrogens with one attached hydrogen (secondary N) is 3. The van der Waals surface area contributed by atoms with Crippen LogP contribution >= 0.6 is 0 Å². The molecular formula is C30H47F2N5O7. The number of ether oxygens (including phenoxy) is 1. The first kappa shape index (κ1) is 35.2. The van der Waals surface area contributed by atoms with E-state index in [9.17, 15) is 37.5 Å². The highest BCUT2D eigenvalue weighted by atomic mass is 19.3. The van der Waals surface area contributed by atoms with Gasteiger partial charge in [-0.1, -0.05) is 41.5 Å². The molecule has 0 aromatic heterocycles. The van der Waals surface area contributed by atoms with Crippen LogP contribution in [0, 0.1) is 28.6 Å². The smallest absolute Gasteiger partial charge is 0.329 e. The molecular weight excluding hydrogens is 580 g/mol. The van der Waals surface area contributed by atoms with Crippen LogP contribution in [-0.2, 0) is 28.7 Å². The Hall–Kier alpha value is -3.32. The number of urea groups is 1. The molecule has 248 valence electrons. The predicted molar refractivity (Wildman–Crippen MR) is 155 cm³/mol. The molecule has 2 unspecified atom stereocenters. The van der Waals surface area contributed by atoms with E-state index in [1.54, 1.807) is 62.3 Å². The molecule has 0 aromatic carbocycles. The van der Waals surface area contributed by atoms with E-state index in [1.807, 2.05) is 0 Å². The second-order valence-electron chi connectivity index (χ2n) is 15.5. The second-order valence-corrected chi connectivity index (χ2v) is 15.5. The van der Waals surface area contributed by atoms with Gasteiger partial charge in [0, 0.05) is 18.9 Å². The van der Waals surface area contributed by atoms with Crippen LogP contribution in [0.4, 0.5) is 13.6 Å². The van der Waals surface area contributed by atoms with Crippen molar-refractivity contribution in [2.45, 2.75) is 117 Å². The molecule has 5 amide bonds. The maximum atomic E-state index is 14.0. The lowest BCUT2D eigenvalue weighted by Crippen LogP contribution is -2.62. The summed E-state index contributed by atoms with van der Waals surface area (Å²) < 4.78 is 32.7. The van der Waals surface area contributed by atoms with E-state index in [4.69, 9.17) is 10.5 Å². The Kier molecular flexibility index (Phi) is 9.50. The van der Waals surface area contributed by atoms with Gasteiger partial charge in [-0.25, -0.2) is 18.4 Å². The number of alkyl halides is 2. The van der Waals surface area contributed by atoms with Crippen molar-refractivity contribution in [3.63, 3.8) is 0 Å². The lowest BCUT2D eigenvalue weighted by Gasteiger charge is -2.37. The highest BCUT2D eigenvalue weighted by Gasteiger charge is 2.60. The van der Waals surface area contributed by atoms with Gasteiger partial charge < -0.3 is 31.3 Å². The highest BCUT2D eigenvalue weighted by molar-refractivity contribution is 6.37. The van der Waals surface area contributed by atoms with E-state index in [-0.39, 0.29) is 18.4 Å². The lowest BCUT2D eigenvalue weighted by molar-refractivity contribution is -0.160. The number of likely N-dealkylation sites (tertiary alicyclic amines) is 1. The molecule has 12 nitrogen and oxygen atoms in total. The van der Waals surface area contributed by atoms with Crippen LogP contribution in [0.2, 0.25) is 0 Å². The number of hydrogen-bond acceptors (Lipinski definition) is 7. The third kappa shape index (κ3) is 8.44. The van der Waals surface area contributed by atoms with Crippen molar-refractivity contribution in [1.82, 2.24) is 20.9 Å². The molecule has 7 atom stereocenters. The minimum atomic E-state index is -2.99. The maximum absolute atomic E-state index is 14.0. The number of ketones is 1. The number of rotatable bonds is 10. The number of carbonyl (C=O) groups is 6. The van der Waals surface area contributed by atoms with Gasteiger partial charge in [-0.05, 0) is 56.3 Å². The number of halogens is 2. The summed E-state index contributed by atoms with van der Waals surface area (Å²) in [7, 11) is 0. The van der Waals surface area contributed by atoms with E-state index < -0.39 is 101 Å². The van der Waals surface area contributed by atoms with Crippen molar-refractivity contribution in [3.8, 4) is 0 Å². The number of fused-ring (bicyclic) bond motifs is 1. The lowest BCUT2D eigenvalue weighted by atomic mass is 9.85. The summed E-state index contributed by atoms with van der Waals surface area (Å²) in [6, 6.07) is -5.55. The Morgan fingerprint density at radius 2 is 1.43 bits per heavy atom. The number of nitrogens with two attached hydrogens (primary N) is 1. The number of carbonyl (C=O) groups excluding carboxylic acids is 6. The van der Waals surface area contributed by atoms with E-state index in [2.05, 4.69) is 16.0 Å². The van der Waals surface area contributed by atoms with Crippen LogP contribution < -0.4 is 21.7 Å². The summed E-state index contributed by atoms with van der Waals surface area (Å²) in [6.07, 6.45) is -0.266. The molecule has 1 aliphatic heterocycles. The third-order valence-electron chi connectivity index (χ3n) is 8.23. The molecule has 0 radical (unpaired) electrons. The Labute approximate surface area is 256 Å². The number of primary amides is 1. The van der Waals surface area contributed by atoms with Crippen LogP contribution in [0.25, 0.3) is 0 Å². The standard InChI is InChI=1S/C30H47F2N5O7/c1-27(2,3)20(35-26(43)36-21(28(4,5)6)25(42)44-29(7,8)9)24(41)37-13-14-10-16(14)18(37)23(40)34-17(19(38)22(33)39)11-15-12-30(15,31)32/h14-18,20-21H,10-13H2,1-9H3,(H2,33,39)(H,34,40)(H2,35,36,43)/t14-,15?,16-,17?,18-,20+,21+/m0/s1. The number of Topliss-reactive ketones (excluding diaryl/α,β-unsaturated/α-hetero) is 1. The molecule has 0 bridgehead atoms. The molecule has 14 heteroatoms. The number of amides is 5. The van der Waals surface area contributed by atoms with E-state index in [0.717, 1.165) is 0 Å². The summed E-state index contributed by atoms with van der Waals surface area (Å²) in [5.41, 5.74) is 2.75. The quantitative estimate of drug-likeness (QED) is 0.211. The molecule has 3 aliphatic rings. The highest BCUT2D eigenvalue weighted by Crippen LogP contribution is 2.52. The SMILES string of the molecule is CC(C)(C)OC(=O)[C@@H](NC(=O)N[C@H](C(=O)N1C[C@@H]2C[C@@H]2[C@H]1C(=O)NC(CC1CC1(F)F)C(=O)C(N)=O)C(C)(C)C)C(C)(C)C. The van der Waals surface area contributed by atoms with Crippen molar-refractivity contribution < 1.29 is 42.3 Å². The minimum Gasteiger partial charge on any atom is -0.458 e. The fourth-order valence-electron chi connectivity index (χ4n) is 5.61. The molecule has 0 aromatic rings. The summed E-state index contributed by atoms with van der Waals surface area (Å²) in [5, 5.41) is 7.74. The summed E-state index contributed by atoms with van der Waals surface area (Å²) in [5.74, 6) is -8.86. The van der Waals surface area contributed by atoms with E-state index >= 15 is 0 Å². The second kappa shape index (κ2) is 11.9. The number of nitrogens with zero attached hydrogens (tertiary/aromatic N) is 1. The van der Waals surface area contributed by atoms with E-state index in [0.29, 0.717) is 6.42 Å². The molecule has 5 N–H and O–H groups in total. The fourth-order valence-corrected chi connectivity index (χ4v) is 5.61. The number of esters is 1. The zero-order valence-electron chi connectivity index (χ0n) is 27.0. The van der Waals surface area contributed by atoms with Crippen molar-refractivity contribution in [2.24, 2.45) is 34.3 Å².